The van der Waals surface area contributed by atoms with Crippen LogP contribution in [0.4, 0.5) is 11.9 Å². The Kier molecular flexibility index (Phi) is 6.46. The maximum Gasteiger partial charge on any atom is 0.323 e. The van der Waals surface area contributed by atoms with E-state index in [1.807, 2.05) is 6.92 Å². The minimum absolute atomic E-state index is 0.370. The molecule has 0 atom stereocenters. The Balaban J connectivity index is 1.90. The smallest absolute Gasteiger partial charge is 0.323 e. The second-order valence-electron chi connectivity index (χ2n) is 5.10. The molecule has 1 aliphatic rings. The topological polar surface area (TPSA) is 75.2 Å². The molecule has 0 saturated carbocycles. The summed E-state index contributed by atoms with van der Waals surface area (Å²) in [6, 6.07) is 0.370. The zero-order valence-corrected chi connectivity index (χ0v) is 13.1. The molecule has 1 aromatic heterocycles. The Hall–Kier alpha value is -1.63. The van der Waals surface area contributed by atoms with E-state index in [-0.39, 0.29) is 0 Å². The van der Waals surface area contributed by atoms with Gasteiger partial charge in [-0.15, -0.1) is 0 Å². The van der Waals surface area contributed by atoms with Crippen LogP contribution in [0, 0.1) is 0 Å². The summed E-state index contributed by atoms with van der Waals surface area (Å²) in [6.45, 7) is 9.67. The molecule has 2 heterocycles. The molecule has 2 N–H and O–H groups in total. The molecule has 7 nitrogen and oxygen atoms in total. The lowest BCUT2D eigenvalue weighted by Gasteiger charge is -2.15. The van der Waals surface area contributed by atoms with E-state index in [1.54, 1.807) is 0 Å². The maximum atomic E-state index is 5.39. The third kappa shape index (κ3) is 5.34. The van der Waals surface area contributed by atoms with Gasteiger partial charge in [-0.25, -0.2) is 0 Å². The first-order valence-electron chi connectivity index (χ1n) is 7.90. The van der Waals surface area contributed by atoms with Gasteiger partial charge in [0.25, 0.3) is 0 Å². The average molecular weight is 294 g/mol. The second kappa shape index (κ2) is 8.61. The minimum Gasteiger partial charge on any atom is -0.464 e. The van der Waals surface area contributed by atoms with E-state index >= 15 is 0 Å². The Morgan fingerprint density at radius 3 is 2.29 bits per heavy atom. The predicted octanol–water partition coefficient (Wildman–Crippen LogP) is 1.60. The lowest BCUT2D eigenvalue weighted by Crippen LogP contribution is -2.26. The van der Waals surface area contributed by atoms with Crippen molar-refractivity contribution in [3.63, 3.8) is 0 Å². The van der Waals surface area contributed by atoms with E-state index in [0.717, 1.165) is 26.1 Å². The summed E-state index contributed by atoms with van der Waals surface area (Å²) >= 11 is 0. The zero-order valence-electron chi connectivity index (χ0n) is 13.1. The molecule has 0 aromatic carbocycles. The molecule has 2 rings (SSSR count). The van der Waals surface area contributed by atoms with Crippen molar-refractivity contribution < 1.29 is 4.74 Å². The zero-order chi connectivity index (χ0) is 14.9. The normalized spacial score (nSPS) is 15.1. The van der Waals surface area contributed by atoms with Gasteiger partial charge in [-0.1, -0.05) is 6.92 Å². The molecule has 0 unspecified atom stereocenters. The molecule has 1 fully saturated rings. The molecule has 0 bridgehead atoms. The van der Waals surface area contributed by atoms with Crippen molar-refractivity contribution in [3.05, 3.63) is 0 Å². The van der Waals surface area contributed by atoms with Gasteiger partial charge in [-0.05, 0) is 39.3 Å². The molecule has 0 amide bonds. The summed E-state index contributed by atoms with van der Waals surface area (Å²) in [5, 5.41) is 6.44. The number of anilines is 2. The summed E-state index contributed by atoms with van der Waals surface area (Å²) in [5.74, 6) is 1.14. The molecule has 0 spiro atoms. The molecular formula is C14H26N6O. The van der Waals surface area contributed by atoms with E-state index in [1.165, 1.54) is 25.9 Å². The van der Waals surface area contributed by atoms with Crippen LogP contribution in [-0.4, -0.2) is 59.2 Å². The van der Waals surface area contributed by atoms with Gasteiger partial charge in [0, 0.05) is 19.6 Å². The van der Waals surface area contributed by atoms with Gasteiger partial charge in [0.15, 0.2) is 0 Å². The van der Waals surface area contributed by atoms with Crippen LogP contribution in [0.2, 0.25) is 0 Å². The van der Waals surface area contributed by atoms with Crippen molar-refractivity contribution in [2.45, 2.75) is 33.1 Å². The second-order valence-corrected chi connectivity index (χ2v) is 5.10. The van der Waals surface area contributed by atoms with Gasteiger partial charge in [-0.2, -0.15) is 15.0 Å². The van der Waals surface area contributed by atoms with Crippen molar-refractivity contribution in [2.24, 2.45) is 0 Å². The Labute approximate surface area is 126 Å². The minimum atomic E-state index is 0.370. The molecule has 21 heavy (non-hydrogen) atoms. The summed E-state index contributed by atoms with van der Waals surface area (Å²) in [5.41, 5.74) is 0. The van der Waals surface area contributed by atoms with Crippen LogP contribution in [0.25, 0.3) is 0 Å². The van der Waals surface area contributed by atoms with Gasteiger partial charge >= 0.3 is 6.01 Å². The van der Waals surface area contributed by atoms with Crippen LogP contribution in [0.5, 0.6) is 6.01 Å². The Morgan fingerprint density at radius 1 is 1.00 bits per heavy atom. The number of likely N-dealkylation sites (tertiary alicyclic amines) is 1. The SMILES string of the molecule is CCCNc1nc(NCCN2CCCC2)nc(OCC)n1. The Morgan fingerprint density at radius 2 is 1.67 bits per heavy atom. The van der Waals surface area contributed by atoms with E-state index in [0.29, 0.717) is 24.5 Å². The molecule has 118 valence electrons. The summed E-state index contributed by atoms with van der Waals surface area (Å²) in [7, 11) is 0. The number of hydrogen-bond donors (Lipinski definition) is 2. The van der Waals surface area contributed by atoms with Gasteiger partial charge in [0.2, 0.25) is 11.9 Å². The fourth-order valence-corrected chi connectivity index (χ4v) is 2.28. The van der Waals surface area contributed by atoms with E-state index in [4.69, 9.17) is 4.74 Å². The van der Waals surface area contributed by atoms with Crippen LogP contribution in [0.3, 0.4) is 0 Å². The first kappa shape index (κ1) is 15.8. The van der Waals surface area contributed by atoms with Crippen LogP contribution in [-0.2, 0) is 0 Å². The molecule has 1 aliphatic heterocycles. The third-order valence-corrected chi connectivity index (χ3v) is 3.33. The van der Waals surface area contributed by atoms with E-state index in [9.17, 15) is 0 Å². The number of nitrogens with zero attached hydrogens (tertiary/aromatic N) is 4. The largest absolute Gasteiger partial charge is 0.464 e. The van der Waals surface area contributed by atoms with Crippen LogP contribution >= 0.6 is 0 Å². The number of nitrogens with one attached hydrogen (secondary N) is 2. The molecule has 0 radical (unpaired) electrons. The van der Waals surface area contributed by atoms with E-state index < -0.39 is 0 Å². The lowest BCUT2D eigenvalue weighted by molar-refractivity contribution is 0.312. The Bertz CT molecular complexity index is 422. The summed E-state index contributed by atoms with van der Waals surface area (Å²) in [6.07, 6.45) is 3.64. The fraction of sp³-hybridized carbons (Fsp3) is 0.786. The third-order valence-electron chi connectivity index (χ3n) is 3.33. The monoisotopic (exact) mass is 294 g/mol. The molecule has 1 aromatic rings. The first-order chi connectivity index (χ1) is 10.3. The van der Waals surface area contributed by atoms with Gasteiger partial charge in [0.05, 0.1) is 6.61 Å². The molecule has 1 saturated heterocycles. The molecule has 7 heteroatoms. The standard InChI is InChI=1S/C14H26N6O/c1-3-7-15-12-17-13(19-14(18-12)21-4-2)16-8-11-20-9-5-6-10-20/h3-11H2,1-2H3,(H2,15,16,17,18,19). The highest BCUT2D eigenvalue weighted by atomic mass is 16.5. The van der Waals surface area contributed by atoms with Crippen molar-refractivity contribution in [1.29, 1.82) is 0 Å². The van der Waals surface area contributed by atoms with Gasteiger partial charge in [0.1, 0.15) is 0 Å². The number of rotatable bonds is 9. The van der Waals surface area contributed by atoms with Crippen LogP contribution in [0.1, 0.15) is 33.1 Å². The van der Waals surface area contributed by atoms with Crippen molar-refractivity contribution in [1.82, 2.24) is 19.9 Å². The number of ether oxygens (including phenoxy) is 1. The number of hydrogen-bond acceptors (Lipinski definition) is 7. The average Bonchev–Trinajstić information content (AvgIpc) is 2.99. The quantitative estimate of drug-likeness (QED) is 0.716. The van der Waals surface area contributed by atoms with Gasteiger partial charge in [-0.3, -0.25) is 0 Å². The first-order valence-corrected chi connectivity index (χ1v) is 7.90. The molecule has 0 aliphatic carbocycles. The maximum absolute atomic E-state index is 5.39. The van der Waals surface area contributed by atoms with E-state index in [2.05, 4.69) is 37.4 Å². The highest BCUT2D eigenvalue weighted by molar-refractivity contribution is 5.35. The van der Waals surface area contributed by atoms with Crippen LogP contribution < -0.4 is 15.4 Å². The highest BCUT2D eigenvalue weighted by Crippen LogP contribution is 2.11. The predicted molar refractivity (Wildman–Crippen MR) is 83.9 cm³/mol. The summed E-state index contributed by atoms with van der Waals surface area (Å²) < 4.78 is 5.39. The molecular weight excluding hydrogens is 268 g/mol. The number of aromatic nitrogens is 3. The van der Waals surface area contributed by atoms with Gasteiger partial charge < -0.3 is 20.3 Å². The lowest BCUT2D eigenvalue weighted by atomic mass is 10.4. The van der Waals surface area contributed by atoms with Crippen molar-refractivity contribution >= 4 is 11.9 Å². The van der Waals surface area contributed by atoms with Crippen molar-refractivity contribution in [3.8, 4) is 6.01 Å². The summed E-state index contributed by atoms with van der Waals surface area (Å²) in [4.78, 5) is 15.3. The fourth-order valence-electron chi connectivity index (χ4n) is 2.28. The highest BCUT2D eigenvalue weighted by Gasteiger charge is 2.11. The van der Waals surface area contributed by atoms with Crippen molar-refractivity contribution in [2.75, 3.05) is 50.0 Å². The van der Waals surface area contributed by atoms with Crippen LogP contribution in [0.15, 0.2) is 0 Å².